The van der Waals surface area contributed by atoms with Crippen molar-refractivity contribution in [3.63, 3.8) is 0 Å². The number of carbonyl (C=O) groups is 1. The average molecular weight is 336 g/mol. The van der Waals surface area contributed by atoms with Crippen molar-refractivity contribution in [1.29, 1.82) is 0 Å². The Morgan fingerprint density at radius 2 is 2.21 bits per heavy atom. The summed E-state index contributed by atoms with van der Waals surface area (Å²) < 4.78 is 24.3. The number of nitrogens with zero attached hydrogens (tertiary/aromatic N) is 4. The normalized spacial score (nSPS) is 20.6. The minimum Gasteiger partial charge on any atom is -0.444 e. The lowest BCUT2D eigenvalue weighted by molar-refractivity contribution is 0.0172. The first-order chi connectivity index (χ1) is 11.3. The number of azide groups is 1. The third kappa shape index (κ3) is 5.11. The van der Waals surface area contributed by atoms with Gasteiger partial charge in [-0.05, 0) is 44.0 Å². The van der Waals surface area contributed by atoms with Crippen molar-refractivity contribution in [1.82, 2.24) is 4.90 Å². The number of halogens is 1. The first-order valence-corrected chi connectivity index (χ1v) is 7.66. The van der Waals surface area contributed by atoms with E-state index in [-0.39, 0.29) is 25.5 Å². The molecule has 0 bridgehead atoms. The van der Waals surface area contributed by atoms with Gasteiger partial charge in [-0.1, -0.05) is 17.2 Å². The predicted molar refractivity (Wildman–Crippen MR) is 85.7 cm³/mol. The minimum absolute atomic E-state index is 0.169. The van der Waals surface area contributed by atoms with Crippen molar-refractivity contribution >= 4 is 6.09 Å². The third-order valence-corrected chi connectivity index (χ3v) is 3.44. The lowest BCUT2D eigenvalue weighted by atomic mass is 10.2. The van der Waals surface area contributed by atoms with Gasteiger partial charge in [0.15, 0.2) is 0 Å². The van der Waals surface area contributed by atoms with Crippen LogP contribution in [0, 0.1) is 5.82 Å². The molecule has 1 aromatic rings. The molecular formula is C16H21FN4O3. The summed E-state index contributed by atoms with van der Waals surface area (Å²) in [5.74, 6) is -0.343. The van der Waals surface area contributed by atoms with Crippen molar-refractivity contribution in [2.75, 3.05) is 13.1 Å². The van der Waals surface area contributed by atoms with E-state index in [1.165, 1.54) is 17.0 Å². The zero-order chi connectivity index (χ0) is 17.7. The zero-order valence-corrected chi connectivity index (χ0v) is 14.0. The summed E-state index contributed by atoms with van der Waals surface area (Å²) in [6.07, 6.45) is -0.936. The van der Waals surface area contributed by atoms with E-state index >= 15 is 0 Å². The number of rotatable bonds is 4. The van der Waals surface area contributed by atoms with Crippen LogP contribution in [0.1, 0.15) is 26.3 Å². The van der Waals surface area contributed by atoms with Crippen molar-refractivity contribution < 1.29 is 18.7 Å². The van der Waals surface area contributed by atoms with Crippen LogP contribution in [0.3, 0.4) is 0 Å². The molecule has 1 fully saturated rings. The molecule has 1 aliphatic heterocycles. The van der Waals surface area contributed by atoms with Crippen LogP contribution in [0.4, 0.5) is 9.18 Å². The van der Waals surface area contributed by atoms with E-state index in [9.17, 15) is 9.18 Å². The monoisotopic (exact) mass is 336 g/mol. The largest absolute Gasteiger partial charge is 0.444 e. The molecule has 130 valence electrons. The SMILES string of the molecule is CC(C)(C)OC(=O)N1C[C@H](N=[N+]=[N-])[C@@H](OCc2cccc(F)c2)C1. The summed E-state index contributed by atoms with van der Waals surface area (Å²) in [6, 6.07) is 5.57. The maximum absolute atomic E-state index is 13.2. The van der Waals surface area contributed by atoms with Gasteiger partial charge in [-0.25, -0.2) is 9.18 Å². The van der Waals surface area contributed by atoms with Crippen LogP contribution in [0.25, 0.3) is 10.4 Å². The Morgan fingerprint density at radius 3 is 2.83 bits per heavy atom. The van der Waals surface area contributed by atoms with E-state index in [4.69, 9.17) is 15.0 Å². The van der Waals surface area contributed by atoms with E-state index < -0.39 is 23.8 Å². The molecule has 0 N–H and O–H groups in total. The summed E-state index contributed by atoms with van der Waals surface area (Å²) in [7, 11) is 0. The molecule has 1 heterocycles. The third-order valence-electron chi connectivity index (χ3n) is 3.44. The number of benzene rings is 1. The molecule has 0 aliphatic carbocycles. The molecule has 7 nitrogen and oxygen atoms in total. The summed E-state index contributed by atoms with van der Waals surface area (Å²) in [4.78, 5) is 16.4. The Labute approximate surface area is 140 Å². The highest BCUT2D eigenvalue weighted by atomic mass is 19.1. The van der Waals surface area contributed by atoms with E-state index in [1.807, 2.05) is 0 Å². The lowest BCUT2D eigenvalue weighted by Gasteiger charge is -2.24. The number of carbonyl (C=O) groups excluding carboxylic acids is 1. The molecule has 0 saturated carbocycles. The fraction of sp³-hybridized carbons (Fsp3) is 0.562. The summed E-state index contributed by atoms with van der Waals surface area (Å²) >= 11 is 0. The summed E-state index contributed by atoms with van der Waals surface area (Å²) in [6.45, 7) is 6.00. The van der Waals surface area contributed by atoms with Gasteiger partial charge in [-0.2, -0.15) is 0 Å². The predicted octanol–water partition coefficient (Wildman–Crippen LogP) is 3.64. The van der Waals surface area contributed by atoms with Gasteiger partial charge in [0.1, 0.15) is 11.4 Å². The topological polar surface area (TPSA) is 87.5 Å². The molecule has 0 aromatic heterocycles. The number of hydrogen-bond donors (Lipinski definition) is 0. The van der Waals surface area contributed by atoms with Gasteiger partial charge in [0.2, 0.25) is 0 Å². The average Bonchev–Trinajstić information content (AvgIpc) is 2.87. The second kappa shape index (κ2) is 7.51. The Bertz CT molecular complexity index is 640. The second-order valence-corrected chi connectivity index (χ2v) is 6.64. The van der Waals surface area contributed by atoms with Crippen LogP contribution in [0.15, 0.2) is 29.4 Å². The van der Waals surface area contributed by atoms with Gasteiger partial charge in [0.05, 0.1) is 25.3 Å². The molecule has 1 amide bonds. The Morgan fingerprint density at radius 1 is 1.46 bits per heavy atom. The molecular weight excluding hydrogens is 315 g/mol. The number of hydrogen-bond acceptors (Lipinski definition) is 4. The maximum atomic E-state index is 13.2. The molecule has 1 aromatic carbocycles. The van der Waals surface area contributed by atoms with Gasteiger partial charge >= 0.3 is 6.09 Å². The van der Waals surface area contributed by atoms with E-state index in [0.717, 1.165) is 0 Å². The minimum atomic E-state index is -0.606. The molecule has 2 atom stereocenters. The second-order valence-electron chi connectivity index (χ2n) is 6.64. The van der Waals surface area contributed by atoms with Crippen LogP contribution in [-0.2, 0) is 16.1 Å². The number of amides is 1. The standard InChI is InChI=1S/C16H21FN4O3/c1-16(2,3)24-15(22)21-8-13(19-20-18)14(9-21)23-10-11-5-4-6-12(17)7-11/h4-7,13-14H,8-10H2,1-3H3/t13-,14-/m0/s1. The molecule has 0 unspecified atom stereocenters. The fourth-order valence-corrected chi connectivity index (χ4v) is 2.40. The van der Waals surface area contributed by atoms with Gasteiger partial charge in [0.25, 0.3) is 0 Å². The molecule has 1 aliphatic rings. The Hall–Kier alpha value is -2.31. The first-order valence-electron chi connectivity index (χ1n) is 7.66. The van der Waals surface area contributed by atoms with Crippen LogP contribution >= 0.6 is 0 Å². The maximum Gasteiger partial charge on any atom is 0.410 e. The van der Waals surface area contributed by atoms with Crippen LogP contribution in [0.5, 0.6) is 0 Å². The Balaban J connectivity index is 1.99. The van der Waals surface area contributed by atoms with Crippen LogP contribution < -0.4 is 0 Å². The molecule has 8 heteroatoms. The van der Waals surface area contributed by atoms with Crippen LogP contribution in [-0.4, -0.2) is 41.8 Å². The highest BCUT2D eigenvalue weighted by Crippen LogP contribution is 2.21. The van der Waals surface area contributed by atoms with E-state index in [0.29, 0.717) is 5.56 Å². The van der Waals surface area contributed by atoms with Gasteiger partial charge < -0.3 is 14.4 Å². The molecule has 2 rings (SSSR count). The Kier molecular flexibility index (Phi) is 5.64. The zero-order valence-electron chi connectivity index (χ0n) is 14.0. The van der Waals surface area contributed by atoms with Crippen molar-refractivity contribution in [3.8, 4) is 0 Å². The van der Waals surface area contributed by atoms with Crippen molar-refractivity contribution in [2.24, 2.45) is 5.11 Å². The van der Waals surface area contributed by atoms with Crippen LogP contribution in [0.2, 0.25) is 0 Å². The molecule has 0 spiro atoms. The molecule has 24 heavy (non-hydrogen) atoms. The van der Waals surface area contributed by atoms with Crippen molar-refractivity contribution in [3.05, 3.63) is 46.1 Å². The lowest BCUT2D eigenvalue weighted by Crippen LogP contribution is -2.36. The van der Waals surface area contributed by atoms with E-state index in [1.54, 1.807) is 32.9 Å². The van der Waals surface area contributed by atoms with Gasteiger partial charge in [0, 0.05) is 11.5 Å². The van der Waals surface area contributed by atoms with Gasteiger partial charge in [-0.15, -0.1) is 0 Å². The first kappa shape index (κ1) is 18.0. The molecule has 1 saturated heterocycles. The van der Waals surface area contributed by atoms with Crippen molar-refractivity contribution in [2.45, 2.75) is 45.1 Å². The van der Waals surface area contributed by atoms with Gasteiger partial charge in [-0.3, -0.25) is 0 Å². The number of likely N-dealkylation sites (tertiary alicyclic amines) is 1. The quantitative estimate of drug-likeness (QED) is 0.478. The highest BCUT2D eigenvalue weighted by molar-refractivity contribution is 5.68. The summed E-state index contributed by atoms with van der Waals surface area (Å²) in [5.41, 5.74) is 8.76. The fourth-order valence-electron chi connectivity index (χ4n) is 2.40. The highest BCUT2D eigenvalue weighted by Gasteiger charge is 2.37. The smallest absolute Gasteiger partial charge is 0.410 e. The van der Waals surface area contributed by atoms with E-state index in [2.05, 4.69) is 10.0 Å². The molecule has 0 radical (unpaired) electrons. The number of ether oxygens (including phenoxy) is 2. The summed E-state index contributed by atoms with van der Waals surface area (Å²) in [5, 5.41) is 3.70.